The van der Waals surface area contributed by atoms with Crippen molar-refractivity contribution in [2.75, 3.05) is 7.05 Å². The van der Waals surface area contributed by atoms with Gasteiger partial charge in [0.2, 0.25) is 0 Å². The summed E-state index contributed by atoms with van der Waals surface area (Å²) in [5.74, 6) is 0.550. The van der Waals surface area contributed by atoms with E-state index in [-0.39, 0.29) is 0 Å². The van der Waals surface area contributed by atoms with Gasteiger partial charge in [-0.3, -0.25) is 0 Å². The molecule has 0 radical (unpaired) electrons. The highest BCUT2D eigenvalue weighted by atomic mass is 14.9. The lowest BCUT2D eigenvalue weighted by Crippen LogP contribution is -2.08. The summed E-state index contributed by atoms with van der Waals surface area (Å²) in [7, 11) is 1.99. The molecule has 2 N–H and O–H groups in total. The summed E-state index contributed by atoms with van der Waals surface area (Å²) in [5, 5.41) is 4.63. The van der Waals surface area contributed by atoms with E-state index >= 15 is 0 Å². The molecule has 0 saturated carbocycles. The number of benzene rings is 1. The Labute approximate surface area is 103 Å². The summed E-state index contributed by atoms with van der Waals surface area (Å²) in [6.45, 7) is 9.79. The number of H-pyrrole nitrogens is 1. The van der Waals surface area contributed by atoms with E-state index in [1.165, 1.54) is 33.3 Å². The first-order chi connectivity index (χ1) is 8.06. The van der Waals surface area contributed by atoms with Gasteiger partial charge in [-0.2, -0.15) is 0 Å². The molecular weight excluding hydrogens is 208 g/mol. The van der Waals surface area contributed by atoms with Crippen LogP contribution in [0.2, 0.25) is 0 Å². The van der Waals surface area contributed by atoms with E-state index in [2.05, 4.69) is 50.1 Å². The van der Waals surface area contributed by atoms with Gasteiger partial charge in [0, 0.05) is 23.1 Å². The number of aryl methyl sites for hydroxylation is 2. The van der Waals surface area contributed by atoms with Crippen LogP contribution in [0.3, 0.4) is 0 Å². The van der Waals surface area contributed by atoms with Crippen molar-refractivity contribution in [1.82, 2.24) is 10.3 Å². The van der Waals surface area contributed by atoms with Crippen LogP contribution in [0.15, 0.2) is 12.1 Å². The average Bonchev–Trinajstić information content (AvgIpc) is 2.63. The van der Waals surface area contributed by atoms with E-state index in [0.29, 0.717) is 5.92 Å². The Kier molecular flexibility index (Phi) is 3.25. The first kappa shape index (κ1) is 12.2. The second-order valence-corrected chi connectivity index (χ2v) is 5.13. The van der Waals surface area contributed by atoms with Gasteiger partial charge in [0.15, 0.2) is 0 Å². The lowest BCUT2D eigenvalue weighted by atomic mass is 9.97. The summed E-state index contributed by atoms with van der Waals surface area (Å²) < 4.78 is 0. The van der Waals surface area contributed by atoms with Crippen LogP contribution in [0.5, 0.6) is 0 Å². The molecule has 2 heteroatoms. The molecule has 2 rings (SSSR count). The standard InChI is InChI=1S/C15H22N2/c1-9(2)14-12-7-6-10(3)11(4)15(12)17-13(14)8-16-5/h6-7,9,16-17H,8H2,1-5H3. The second-order valence-electron chi connectivity index (χ2n) is 5.13. The first-order valence-corrected chi connectivity index (χ1v) is 6.31. The van der Waals surface area contributed by atoms with Crippen molar-refractivity contribution in [2.45, 2.75) is 40.2 Å². The van der Waals surface area contributed by atoms with Gasteiger partial charge in [-0.05, 0) is 43.5 Å². The lowest BCUT2D eigenvalue weighted by molar-refractivity contribution is 0.765. The zero-order valence-corrected chi connectivity index (χ0v) is 11.4. The molecule has 0 atom stereocenters. The highest BCUT2D eigenvalue weighted by Crippen LogP contribution is 2.31. The smallest absolute Gasteiger partial charge is 0.0491 e. The Morgan fingerprint density at radius 3 is 2.53 bits per heavy atom. The highest BCUT2D eigenvalue weighted by molar-refractivity contribution is 5.88. The van der Waals surface area contributed by atoms with Crippen molar-refractivity contribution in [3.63, 3.8) is 0 Å². The van der Waals surface area contributed by atoms with Crippen LogP contribution in [0.4, 0.5) is 0 Å². The number of hydrogen-bond donors (Lipinski definition) is 2. The van der Waals surface area contributed by atoms with Crippen molar-refractivity contribution in [3.05, 3.63) is 34.5 Å². The van der Waals surface area contributed by atoms with Gasteiger partial charge < -0.3 is 10.3 Å². The second kappa shape index (κ2) is 4.53. The summed E-state index contributed by atoms with van der Waals surface area (Å²) >= 11 is 0. The maximum Gasteiger partial charge on any atom is 0.0491 e. The number of nitrogens with one attached hydrogen (secondary N) is 2. The molecule has 0 spiro atoms. The van der Waals surface area contributed by atoms with Crippen LogP contribution in [0.25, 0.3) is 10.9 Å². The SMILES string of the molecule is CNCc1[nH]c2c(C)c(C)ccc2c1C(C)C. The molecule has 92 valence electrons. The van der Waals surface area contributed by atoms with Crippen molar-refractivity contribution < 1.29 is 0 Å². The van der Waals surface area contributed by atoms with Gasteiger partial charge >= 0.3 is 0 Å². The maximum absolute atomic E-state index is 3.59. The predicted octanol–water partition coefficient (Wildman–Crippen LogP) is 3.63. The fourth-order valence-electron chi connectivity index (χ4n) is 2.56. The highest BCUT2D eigenvalue weighted by Gasteiger charge is 2.15. The van der Waals surface area contributed by atoms with Crippen LogP contribution in [-0.4, -0.2) is 12.0 Å². The topological polar surface area (TPSA) is 27.8 Å². The van der Waals surface area contributed by atoms with Gasteiger partial charge in [-0.25, -0.2) is 0 Å². The fourth-order valence-corrected chi connectivity index (χ4v) is 2.56. The van der Waals surface area contributed by atoms with Gasteiger partial charge in [0.25, 0.3) is 0 Å². The van der Waals surface area contributed by atoms with E-state index in [1.54, 1.807) is 0 Å². The lowest BCUT2D eigenvalue weighted by Gasteiger charge is -2.08. The van der Waals surface area contributed by atoms with Crippen molar-refractivity contribution in [1.29, 1.82) is 0 Å². The van der Waals surface area contributed by atoms with Gasteiger partial charge in [0.05, 0.1) is 0 Å². The third-order valence-corrected chi connectivity index (χ3v) is 3.56. The zero-order valence-electron chi connectivity index (χ0n) is 11.4. The van der Waals surface area contributed by atoms with E-state index in [9.17, 15) is 0 Å². The summed E-state index contributed by atoms with van der Waals surface area (Å²) in [6, 6.07) is 4.48. The fraction of sp³-hybridized carbons (Fsp3) is 0.467. The quantitative estimate of drug-likeness (QED) is 0.828. The molecule has 0 aliphatic rings. The Hall–Kier alpha value is -1.28. The molecule has 0 saturated heterocycles. The van der Waals surface area contributed by atoms with Crippen LogP contribution in [0, 0.1) is 13.8 Å². The number of rotatable bonds is 3. The maximum atomic E-state index is 3.59. The number of hydrogen-bond acceptors (Lipinski definition) is 1. The normalized spacial score (nSPS) is 11.6. The van der Waals surface area contributed by atoms with Crippen molar-refractivity contribution in [3.8, 4) is 0 Å². The molecule has 2 aromatic rings. The molecular formula is C15H22N2. The Bertz CT molecular complexity index is 535. The minimum atomic E-state index is 0.550. The van der Waals surface area contributed by atoms with Crippen molar-refractivity contribution >= 4 is 10.9 Å². The number of aromatic amines is 1. The Morgan fingerprint density at radius 2 is 1.94 bits per heavy atom. The van der Waals surface area contributed by atoms with Crippen LogP contribution in [0.1, 0.15) is 42.1 Å². The molecule has 0 fully saturated rings. The molecule has 2 nitrogen and oxygen atoms in total. The molecule has 0 aliphatic carbocycles. The number of aromatic nitrogens is 1. The summed E-state index contributed by atoms with van der Waals surface area (Å²) in [6.07, 6.45) is 0. The van der Waals surface area contributed by atoms with Gasteiger partial charge in [-0.1, -0.05) is 26.0 Å². The van der Waals surface area contributed by atoms with Crippen LogP contribution in [-0.2, 0) is 6.54 Å². The zero-order chi connectivity index (χ0) is 12.6. The minimum Gasteiger partial charge on any atom is -0.357 e. The van der Waals surface area contributed by atoms with Crippen LogP contribution < -0.4 is 5.32 Å². The predicted molar refractivity (Wildman–Crippen MR) is 74.6 cm³/mol. The van der Waals surface area contributed by atoms with E-state index in [0.717, 1.165) is 6.54 Å². The van der Waals surface area contributed by atoms with Crippen LogP contribution >= 0.6 is 0 Å². The molecule has 17 heavy (non-hydrogen) atoms. The Morgan fingerprint density at radius 1 is 1.24 bits per heavy atom. The monoisotopic (exact) mass is 230 g/mol. The molecule has 0 amide bonds. The average molecular weight is 230 g/mol. The Balaban J connectivity index is 2.74. The molecule has 0 unspecified atom stereocenters. The molecule has 1 aromatic carbocycles. The van der Waals surface area contributed by atoms with E-state index in [4.69, 9.17) is 0 Å². The number of fused-ring (bicyclic) bond motifs is 1. The third kappa shape index (κ3) is 1.98. The molecule has 1 heterocycles. The van der Waals surface area contributed by atoms with Gasteiger partial charge in [-0.15, -0.1) is 0 Å². The summed E-state index contributed by atoms with van der Waals surface area (Å²) in [4.78, 5) is 3.59. The summed E-state index contributed by atoms with van der Waals surface area (Å²) in [5.41, 5.74) is 6.81. The minimum absolute atomic E-state index is 0.550. The van der Waals surface area contributed by atoms with E-state index < -0.39 is 0 Å². The van der Waals surface area contributed by atoms with Crippen molar-refractivity contribution in [2.24, 2.45) is 0 Å². The first-order valence-electron chi connectivity index (χ1n) is 6.31. The van der Waals surface area contributed by atoms with E-state index in [1.807, 2.05) is 7.05 Å². The third-order valence-electron chi connectivity index (χ3n) is 3.56. The molecule has 0 bridgehead atoms. The molecule has 0 aliphatic heterocycles. The molecule has 1 aromatic heterocycles. The largest absolute Gasteiger partial charge is 0.357 e. The van der Waals surface area contributed by atoms with Gasteiger partial charge in [0.1, 0.15) is 0 Å².